The van der Waals surface area contributed by atoms with Gasteiger partial charge < -0.3 is 20.8 Å². The summed E-state index contributed by atoms with van der Waals surface area (Å²) in [5.74, 6) is -2.33. The zero-order valence-electron chi connectivity index (χ0n) is 12.0. The van der Waals surface area contributed by atoms with Gasteiger partial charge in [0, 0.05) is 12.5 Å². The predicted molar refractivity (Wildman–Crippen MR) is 73.6 cm³/mol. The quantitative estimate of drug-likeness (QED) is 0.455. The van der Waals surface area contributed by atoms with Gasteiger partial charge in [0.25, 0.3) is 0 Å². The van der Waals surface area contributed by atoms with E-state index in [0.29, 0.717) is 0 Å². The lowest BCUT2D eigenvalue weighted by atomic mass is 10.1. The maximum Gasteiger partial charge on any atom is 0.326 e. The number of aliphatic carboxylic acids is 2. The Hall–Kier alpha value is -1.79. The van der Waals surface area contributed by atoms with Gasteiger partial charge >= 0.3 is 18.0 Å². The second-order valence-electron chi connectivity index (χ2n) is 4.84. The van der Waals surface area contributed by atoms with E-state index in [1.807, 2.05) is 6.92 Å². The third kappa shape index (κ3) is 9.18. The molecular weight excluding hydrogens is 264 g/mol. The van der Waals surface area contributed by atoms with Gasteiger partial charge in [-0.05, 0) is 19.8 Å². The number of unbranched alkanes of at least 4 members (excludes halogenated alkanes) is 2. The van der Waals surface area contributed by atoms with E-state index >= 15 is 0 Å². The SMILES string of the molecule is CCCCCC(C)NC(=O)N[C@@H](CCC(=O)O)C(=O)O. The Morgan fingerprint density at radius 3 is 2.20 bits per heavy atom. The van der Waals surface area contributed by atoms with Crippen molar-refractivity contribution in [1.82, 2.24) is 10.6 Å². The summed E-state index contributed by atoms with van der Waals surface area (Å²) >= 11 is 0. The lowest BCUT2D eigenvalue weighted by Crippen LogP contribution is -2.48. The Bertz CT molecular complexity index is 333. The summed E-state index contributed by atoms with van der Waals surface area (Å²) in [5, 5.41) is 22.4. The molecule has 0 aromatic carbocycles. The van der Waals surface area contributed by atoms with Crippen LogP contribution in [0.15, 0.2) is 0 Å². The molecule has 116 valence electrons. The van der Waals surface area contributed by atoms with Crippen molar-refractivity contribution < 1.29 is 24.6 Å². The van der Waals surface area contributed by atoms with Gasteiger partial charge in [-0.25, -0.2) is 9.59 Å². The molecule has 20 heavy (non-hydrogen) atoms. The molecule has 0 fully saturated rings. The zero-order valence-corrected chi connectivity index (χ0v) is 12.0. The first-order chi connectivity index (χ1) is 9.36. The molecule has 0 aliphatic carbocycles. The van der Waals surface area contributed by atoms with Gasteiger partial charge in [0.05, 0.1) is 0 Å². The molecule has 0 saturated heterocycles. The average Bonchev–Trinajstić information content (AvgIpc) is 2.34. The van der Waals surface area contributed by atoms with Crippen molar-refractivity contribution in [2.75, 3.05) is 0 Å². The van der Waals surface area contributed by atoms with Crippen LogP contribution in [-0.4, -0.2) is 40.3 Å². The number of carbonyl (C=O) groups excluding carboxylic acids is 1. The lowest BCUT2D eigenvalue weighted by molar-refractivity contribution is -0.140. The fraction of sp³-hybridized carbons (Fsp3) is 0.769. The predicted octanol–water partition coefficient (Wildman–Crippen LogP) is 1.57. The Balaban J connectivity index is 4.11. The Kier molecular flexibility index (Phi) is 9.15. The van der Waals surface area contributed by atoms with Crippen molar-refractivity contribution in [3.05, 3.63) is 0 Å². The number of nitrogens with one attached hydrogen (secondary N) is 2. The third-order valence-corrected chi connectivity index (χ3v) is 2.87. The number of hydrogen-bond acceptors (Lipinski definition) is 3. The smallest absolute Gasteiger partial charge is 0.326 e. The van der Waals surface area contributed by atoms with E-state index in [1.165, 1.54) is 0 Å². The van der Waals surface area contributed by atoms with E-state index in [-0.39, 0.29) is 18.9 Å². The number of carboxylic acids is 2. The number of carbonyl (C=O) groups is 3. The standard InChI is InChI=1S/C13H24N2O5/c1-3-4-5-6-9(2)14-13(20)15-10(12(18)19)7-8-11(16)17/h9-10H,3-8H2,1-2H3,(H,16,17)(H,18,19)(H2,14,15,20)/t9?,10-/m0/s1. The van der Waals surface area contributed by atoms with Crippen molar-refractivity contribution in [1.29, 1.82) is 0 Å². The van der Waals surface area contributed by atoms with Crippen LogP contribution in [-0.2, 0) is 9.59 Å². The summed E-state index contributed by atoms with van der Waals surface area (Å²) in [6.07, 6.45) is 3.57. The summed E-state index contributed by atoms with van der Waals surface area (Å²) in [6.45, 7) is 3.94. The number of carboxylic acid groups (broad SMARTS) is 2. The summed E-state index contributed by atoms with van der Waals surface area (Å²) in [7, 11) is 0. The van der Waals surface area contributed by atoms with Gasteiger partial charge in [0.2, 0.25) is 0 Å². The molecule has 0 saturated carbocycles. The summed E-state index contributed by atoms with van der Waals surface area (Å²) in [5.41, 5.74) is 0. The fourth-order valence-electron chi connectivity index (χ4n) is 1.72. The molecule has 0 rings (SSSR count). The topological polar surface area (TPSA) is 116 Å². The normalized spacial score (nSPS) is 13.3. The summed E-state index contributed by atoms with van der Waals surface area (Å²) in [4.78, 5) is 32.9. The van der Waals surface area contributed by atoms with Crippen LogP contribution in [0.5, 0.6) is 0 Å². The van der Waals surface area contributed by atoms with E-state index < -0.39 is 24.0 Å². The molecular formula is C13H24N2O5. The summed E-state index contributed by atoms with van der Waals surface area (Å²) < 4.78 is 0. The van der Waals surface area contributed by atoms with Gasteiger partial charge in [-0.2, -0.15) is 0 Å². The molecule has 2 amide bonds. The molecule has 0 radical (unpaired) electrons. The second-order valence-corrected chi connectivity index (χ2v) is 4.84. The van der Waals surface area contributed by atoms with Crippen LogP contribution in [0, 0.1) is 0 Å². The number of hydrogen-bond donors (Lipinski definition) is 4. The molecule has 0 aromatic heterocycles. The van der Waals surface area contributed by atoms with Crippen LogP contribution < -0.4 is 10.6 Å². The van der Waals surface area contributed by atoms with Crippen LogP contribution in [0.3, 0.4) is 0 Å². The van der Waals surface area contributed by atoms with Gasteiger partial charge in [-0.15, -0.1) is 0 Å². The maximum absolute atomic E-state index is 11.6. The van der Waals surface area contributed by atoms with Crippen LogP contribution in [0.2, 0.25) is 0 Å². The van der Waals surface area contributed by atoms with Gasteiger partial charge in [0.1, 0.15) is 6.04 Å². The molecule has 0 aromatic rings. The van der Waals surface area contributed by atoms with E-state index in [1.54, 1.807) is 0 Å². The first-order valence-corrected chi connectivity index (χ1v) is 6.88. The van der Waals surface area contributed by atoms with Crippen LogP contribution in [0.25, 0.3) is 0 Å². The van der Waals surface area contributed by atoms with E-state index in [2.05, 4.69) is 17.6 Å². The molecule has 0 bridgehead atoms. The van der Waals surface area contributed by atoms with E-state index in [9.17, 15) is 14.4 Å². The highest BCUT2D eigenvalue weighted by atomic mass is 16.4. The molecule has 0 heterocycles. The summed E-state index contributed by atoms with van der Waals surface area (Å²) in [6, 6.07) is -1.81. The highest BCUT2D eigenvalue weighted by molar-refractivity contribution is 5.83. The molecule has 7 heteroatoms. The fourth-order valence-corrected chi connectivity index (χ4v) is 1.72. The monoisotopic (exact) mass is 288 g/mol. The largest absolute Gasteiger partial charge is 0.481 e. The lowest BCUT2D eigenvalue weighted by Gasteiger charge is -2.18. The number of urea groups is 1. The minimum absolute atomic E-state index is 0.0459. The molecule has 4 N–H and O–H groups in total. The van der Waals surface area contributed by atoms with Crippen molar-refractivity contribution >= 4 is 18.0 Å². The van der Waals surface area contributed by atoms with Crippen LogP contribution in [0.4, 0.5) is 4.79 Å². The third-order valence-electron chi connectivity index (χ3n) is 2.87. The Morgan fingerprint density at radius 2 is 1.70 bits per heavy atom. The maximum atomic E-state index is 11.6. The molecule has 0 aliphatic rings. The Labute approximate surface area is 118 Å². The number of rotatable bonds is 10. The van der Waals surface area contributed by atoms with Crippen molar-refractivity contribution in [3.63, 3.8) is 0 Å². The minimum atomic E-state index is -1.24. The van der Waals surface area contributed by atoms with Gasteiger partial charge in [-0.3, -0.25) is 4.79 Å². The second kappa shape index (κ2) is 10.1. The zero-order chi connectivity index (χ0) is 15.5. The first kappa shape index (κ1) is 18.2. The molecule has 1 unspecified atom stereocenters. The molecule has 0 aliphatic heterocycles. The highest BCUT2D eigenvalue weighted by Gasteiger charge is 2.21. The first-order valence-electron chi connectivity index (χ1n) is 6.88. The Morgan fingerprint density at radius 1 is 1.05 bits per heavy atom. The minimum Gasteiger partial charge on any atom is -0.481 e. The van der Waals surface area contributed by atoms with Crippen LogP contribution in [0.1, 0.15) is 52.4 Å². The number of amides is 2. The van der Waals surface area contributed by atoms with Crippen molar-refractivity contribution in [2.45, 2.75) is 64.5 Å². The van der Waals surface area contributed by atoms with Gasteiger partial charge in [-0.1, -0.05) is 26.2 Å². The van der Waals surface area contributed by atoms with E-state index in [0.717, 1.165) is 25.7 Å². The van der Waals surface area contributed by atoms with Crippen molar-refractivity contribution in [3.8, 4) is 0 Å². The molecule has 0 spiro atoms. The van der Waals surface area contributed by atoms with Crippen molar-refractivity contribution in [2.24, 2.45) is 0 Å². The van der Waals surface area contributed by atoms with Crippen LogP contribution >= 0.6 is 0 Å². The highest BCUT2D eigenvalue weighted by Crippen LogP contribution is 2.03. The average molecular weight is 288 g/mol. The van der Waals surface area contributed by atoms with E-state index in [4.69, 9.17) is 10.2 Å². The van der Waals surface area contributed by atoms with Gasteiger partial charge in [0.15, 0.2) is 0 Å². The molecule has 7 nitrogen and oxygen atoms in total. The molecule has 2 atom stereocenters.